The van der Waals surface area contributed by atoms with Crippen molar-refractivity contribution in [2.75, 3.05) is 0 Å². The number of halogens is 2. The molecule has 0 bridgehead atoms. The van der Waals surface area contributed by atoms with Crippen LogP contribution in [0.2, 0.25) is 10.0 Å². The van der Waals surface area contributed by atoms with Crippen molar-refractivity contribution in [1.82, 2.24) is 15.5 Å². The average Bonchev–Trinajstić information content (AvgIpc) is 2.98. The second-order valence-corrected chi connectivity index (χ2v) is 5.55. The predicted octanol–water partition coefficient (Wildman–Crippen LogP) is 4.33. The quantitative estimate of drug-likeness (QED) is 0.754. The molecule has 3 rings (SSSR count). The first kappa shape index (κ1) is 15.0. The Hall–Kier alpha value is -1.88. The summed E-state index contributed by atoms with van der Waals surface area (Å²) in [6, 6.07) is 15.0. The molecular weight excluding hydrogens is 321 g/mol. The molecule has 112 valence electrons. The summed E-state index contributed by atoms with van der Waals surface area (Å²) in [5.74, 6) is 0.971. The van der Waals surface area contributed by atoms with Crippen molar-refractivity contribution in [3.8, 4) is 11.5 Å². The minimum atomic E-state index is 0.456. The number of rotatable bonds is 5. The minimum absolute atomic E-state index is 0.456. The first-order chi connectivity index (χ1) is 10.7. The Morgan fingerprint density at radius 3 is 2.64 bits per heavy atom. The molecule has 0 radical (unpaired) electrons. The van der Waals surface area contributed by atoms with Crippen LogP contribution in [0.1, 0.15) is 11.5 Å². The van der Waals surface area contributed by atoms with Gasteiger partial charge in [-0.05, 0) is 29.8 Å². The van der Waals surface area contributed by atoms with Crippen LogP contribution in [0.3, 0.4) is 0 Å². The number of nitrogens with zero attached hydrogens (tertiary/aromatic N) is 2. The zero-order chi connectivity index (χ0) is 15.4. The van der Waals surface area contributed by atoms with E-state index in [4.69, 9.17) is 27.6 Å². The molecule has 0 saturated carbocycles. The third kappa shape index (κ3) is 3.65. The summed E-state index contributed by atoms with van der Waals surface area (Å²) in [6.45, 7) is 1.10. The van der Waals surface area contributed by atoms with Crippen molar-refractivity contribution in [2.24, 2.45) is 0 Å². The van der Waals surface area contributed by atoms with Gasteiger partial charge in [0.15, 0.2) is 0 Å². The fraction of sp³-hybridized carbons (Fsp3) is 0.125. The molecule has 0 unspecified atom stereocenters. The van der Waals surface area contributed by atoms with Gasteiger partial charge in [-0.15, -0.1) is 10.2 Å². The molecule has 0 fully saturated rings. The first-order valence-electron chi connectivity index (χ1n) is 6.75. The van der Waals surface area contributed by atoms with Crippen molar-refractivity contribution in [3.05, 3.63) is 70.0 Å². The maximum Gasteiger partial charge on any atom is 0.247 e. The van der Waals surface area contributed by atoms with Crippen molar-refractivity contribution in [1.29, 1.82) is 0 Å². The van der Waals surface area contributed by atoms with Crippen LogP contribution in [-0.4, -0.2) is 10.2 Å². The summed E-state index contributed by atoms with van der Waals surface area (Å²) >= 11 is 12.1. The van der Waals surface area contributed by atoms with Crippen LogP contribution in [-0.2, 0) is 13.1 Å². The summed E-state index contributed by atoms with van der Waals surface area (Å²) < 4.78 is 5.62. The Balaban J connectivity index is 1.62. The molecule has 0 amide bonds. The molecule has 22 heavy (non-hydrogen) atoms. The molecule has 0 spiro atoms. The SMILES string of the molecule is Clc1cccc(-c2nnc(CNCc3ccccc3Cl)o2)c1. The summed E-state index contributed by atoms with van der Waals surface area (Å²) in [4.78, 5) is 0. The van der Waals surface area contributed by atoms with Gasteiger partial charge in [-0.1, -0.05) is 47.5 Å². The molecule has 1 heterocycles. The first-order valence-corrected chi connectivity index (χ1v) is 7.50. The molecule has 0 aliphatic rings. The normalized spacial score (nSPS) is 10.8. The topological polar surface area (TPSA) is 51.0 Å². The van der Waals surface area contributed by atoms with Crippen LogP contribution in [0.5, 0.6) is 0 Å². The summed E-state index contributed by atoms with van der Waals surface area (Å²) in [7, 11) is 0. The molecule has 0 atom stereocenters. The predicted molar refractivity (Wildman–Crippen MR) is 86.7 cm³/mol. The van der Waals surface area contributed by atoms with E-state index in [0.717, 1.165) is 16.1 Å². The Morgan fingerprint density at radius 2 is 1.82 bits per heavy atom. The molecule has 0 aliphatic heterocycles. The molecule has 4 nitrogen and oxygen atoms in total. The molecule has 1 N–H and O–H groups in total. The van der Waals surface area contributed by atoms with Gasteiger partial charge in [0.05, 0.1) is 6.54 Å². The molecule has 0 aliphatic carbocycles. The van der Waals surface area contributed by atoms with Gasteiger partial charge in [-0.3, -0.25) is 0 Å². The van der Waals surface area contributed by atoms with Gasteiger partial charge >= 0.3 is 0 Å². The lowest BCUT2D eigenvalue weighted by Gasteiger charge is -2.04. The van der Waals surface area contributed by atoms with Crippen molar-refractivity contribution in [2.45, 2.75) is 13.1 Å². The highest BCUT2D eigenvalue weighted by Crippen LogP contribution is 2.21. The zero-order valence-corrected chi connectivity index (χ0v) is 13.1. The lowest BCUT2D eigenvalue weighted by atomic mass is 10.2. The van der Waals surface area contributed by atoms with Crippen LogP contribution in [0.4, 0.5) is 0 Å². The smallest absolute Gasteiger partial charge is 0.247 e. The summed E-state index contributed by atoms with van der Waals surface area (Å²) in [5.41, 5.74) is 1.83. The van der Waals surface area contributed by atoms with Crippen LogP contribution < -0.4 is 5.32 Å². The molecule has 2 aromatic carbocycles. The van der Waals surface area contributed by atoms with Gasteiger partial charge in [0.2, 0.25) is 11.8 Å². The number of hydrogen-bond acceptors (Lipinski definition) is 4. The third-order valence-corrected chi connectivity index (χ3v) is 3.69. The lowest BCUT2D eigenvalue weighted by Crippen LogP contribution is -2.13. The standard InChI is InChI=1S/C16H13Cl2N3O/c17-13-6-3-5-11(8-13)16-21-20-15(22-16)10-19-9-12-4-1-2-7-14(12)18/h1-8,19H,9-10H2. The largest absolute Gasteiger partial charge is 0.419 e. The van der Waals surface area contributed by atoms with E-state index >= 15 is 0 Å². The lowest BCUT2D eigenvalue weighted by molar-refractivity contribution is 0.477. The maximum atomic E-state index is 6.10. The van der Waals surface area contributed by atoms with Crippen LogP contribution in [0.25, 0.3) is 11.5 Å². The van der Waals surface area contributed by atoms with Crippen molar-refractivity contribution >= 4 is 23.2 Å². The van der Waals surface area contributed by atoms with Crippen LogP contribution >= 0.6 is 23.2 Å². The van der Waals surface area contributed by atoms with E-state index in [1.807, 2.05) is 36.4 Å². The van der Waals surface area contributed by atoms with Gasteiger partial charge in [0.25, 0.3) is 0 Å². The summed E-state index contributed by atoms with van der Waals surface area (Å²) in [6.07, 6.45) is 0. The highest BCUT2D eigenvalue weighted by molar-refractivity contribution is 6.31. The molecular formula is C16H13Cl2N3O. The van der Waals surface area contributed by atoms with Gasteiger partial charge in [0, 0.05) is 22.2 Å². The van der Waals surface area contributed by atoms with E-state index in [2.05, 4.69) is 15.5 Å². The number of aromatic nitrogens is 2. The second-order valence-electron chi connectivity index (χ2n) is 4.71. The second kappa shape index (κ2) is 6.92. The van der Waals surface area contributed by atoms with Gasteiger partial charge in [-0.25, -0.2) is 0 Å². The van der Waals surface area contributed by atoms with Gasteiger partial charge in [-0.2, -0.15) is 0 Å². The van der Waals surface area contributed by atoms with E-state index in [1.54, 1.807) is 12.1 Å². The van der Waals surface area contributed by atoms with Crippen molar-refractivity contribution < 1.29 is 4.42 Å². The Kier molecular flexibility index (Phi) is 4.73. The Morgan fingerprint density at radius 1 is 0.955 bits per heavy atom. The average molecular weight is 334 g/mol. The Bertz CT molecular complexity index is 773. The number of nitrogens with one attached hydrogen (secondary N) is 1. The molecule has 1 aromatic heterocycles. The highest BCUT2D eigenvalue weighted by atomic mass is 35.5. The van der Waals surface area contributed by atoms with Crippen LogP contribution in [0, 0.1) is 0 Å². The molecule has 3 aromatic rings. The van der Waals surface area contributed by atoms with Crippen LogP contribution in [0.15, 0.2) is 52.9 Å². The summed E-state index contributed by atoms with van der Waals surface area (Å²) in [5, 5.41) is 12.6. The van der Waals surface area contributed by atoms with Gasteiger partial charge < -0.3 is 9.73 Å². The number of hydrogen-bond donors (Lipinski definition) is 1. The molecule has 0 saturated heterocycles. The monoisotopic (exact) mass is 333 g/mol. The van der Waals surface area contributed by atoms with E-state index in [-0.39, 0.29) is 0 Å². The molecule has 6 heteroatoms. The van der Waals surface area contributed by atoms with Gasteiger partial charge in [0.1, 0.15) is 0 Å². The fourth-order valence-electron chi connectivity index (χ4n) is 2.01. The third-order valence-electron chi connectivity index (χ3n) is 3.09. The van der Waals surface area contributed by atoms with Crippen molar-refractivity contribution in [3.63, 3.8) is 0 Å². The van der Waals surface area contributed by atoms with E-state index in [1.165, 1.54) is 0 Å². The maximum absolute atomic E-state index is 6.10. The number of benzene rings is 2. The fourth-order valence-corrected chi connectivity index (χ4v) is 2.40. The van der Waals surface area contributed by atoms with E-state index < -0.39 is 0 Å². The van der Waals surface area contributed by atoms with E-state index in [9.17, 15) is 0 Å². The van der Waals surface area contributed by atoms with E-state index in [0.29, 0.717) is 29.9 Å². The highest BCUT2D eigenvalue weighted by Gasteiger charge is 2.08. The zero-order valence-electron chi connectivity index (χ0n) is 11.6. The minimum Gasteiger partial charge on any atom is -0.419 e. The Labute approximate surface area is 138 Å².